The van der Waals surface area contributed by atoms with Crippen LogP contribution in [-0.4, -0.2) is 20.4 Å². The van der Waals surface area contributed by atoms with E-state index in [0.717, 1.165) is 5.69 Å². The number of rotatable bonds is 5. The van der Waals surface area contributed by atoms with Crippen molar-refractivity contribution in [3.8, 4) is 0 Å². The Kier molecular flexibility index (Phi) is 4.23. The molecule has 2 N–H and O–H groups in total. The molecule has 6 nitrogen and oxygen atoms in total. The van der Waals surface area contributed by atoms with E-state index in [1.54, 1.807) is 18.3 Å². The Balaban J connectivity index is 2.08. The van der Waals surface area contributed by atoms with E-state index in [2.05, 4.69) is 31.0 Å². The quantitative estimate of drug-likeness (QED) is 0.809. The Hall–Kier alpha value is -1.38. The predicted molar refractivity (Wildman–Crippen MR) is 74.2 cm³/mol. The van der Waals surface area contributed by atoms with E-state index in [0.29, 0.717) is 16.9 Å². The number of furan rings is 1. The minimum atomic E-state index is -3.53. The molecule has 102 valence electrons. The summed E-state index contributed by atoms with van der Waals surface area (Å²) in [5, 5.41) is 2.99. The number of sulfonamides is 1. The van der Waals surface area contributed by atoms with Crippen molar-refractivity contribution in [2.75, 3.05) is 12.4 Å². The topological polar surface area (TPSA) is 84.2 Å². The molecule has 0 fully saturated rings. The first-order valence-electron chi connectivity index (χ1n) is 5.39. The number of aromatic nitrogens is 1. The third-order valence-electron chi connectivity index (χ3n) is 2.38. The average molecular weight is 346 g/mol. The minimum Gasteiger partial charge on any atom is -0.446 e. The molecule has 0 radical (unpaired) electrons. The molecule has 0 saturated heterocycles. The molecule has 8 heteroatoms. The maximum Gasteiger partial charge on any atom is 0.273 e. The molecule has 2 aromatic rings. The van der Waals surface area contributed by atoms with Crippen molar-refractivity contribution in [3.05, 3.63) is 40.8 Å². The van der Waals surface area contributed by atoms with Gasteiger partial charge >= 0.3 is 0 Å². The van der Waals surface area contributed by atoms with Crippen molar-refractivity contribution < 1.29 is 12.8 Å². The number of anilines is 1. The van der Waals surface area contributed by atoms with E-state index in [1.807, 2.05) is 6.07 Å². The zero-order chi connectivity index (χ0) is 13.9. The Morgan fingerprint density at radius 3 is 2.84 bits per heavy atom. The van der Waals surface area contributed by atoms with Crippen LogP contribution in [0, 0.1) is 0 Å². The summed E-state index contributed by atoms with van der Waals surface area (Å²) in [5.41, 5.74) is 0.803. The maximum absolute atomic E-state index is 11.5. The van der Waals surface area contributed by atoms with Gasteiger partial charge in [0.15, 0.2) is 0 Å². The van der Waals surface area contributed by atoms with Gasteiger partial charge in [-0.1, -0.05) is 0 Å². The molecule has 0 saturated carbocycles. The van der Waals surface area contributed by atoms with Crippen LogP contribution in [0.25, 0.3) is 0 Å². The second-order valence-electron chi connectivity index (χ2n) is 3.62. The van der Waals surface area contributed by atoms with Crippen molar-refractivity contribution >= 4 is 31.6 Å². The number of halogens is 1. The van der Waals surface area contributed by atoms with Crippen LogP contribution in [0.2, 0.25) is 0 Å². The lowest BCUT2D eigenvalue weighted by atomic mass is 10.4. The van der Waals surface area contributed by atoms with Gasteiger partial charge in [-0.2, -0.15) is 0 Å². The highest BCUT2D eigenvalue weighted by Gasteiger charge is 2.16. The number of pyridine rings is 1. The lowest BCUT2D eigenvalue weighted by Gasteiger charge is -2.05. The molecular formula is C11H12BrN3O3S. The first kappa shape index (κ1) is 14.0. The molecule has 0 amide bonds. The molecular weight excluding hydrogens is 334 g/mol. The normalized spacial score (nSPS) is 11.5. The first-order chi connectivity index (χ1) is 9.03. The van der Waals surface area contributed by atoms with Crippen molar-refractivity contribution in [2.24, 2.45) is 0 Å². The highest BCUT2D eigenvalue weighted by atomic mass is 79.9. The number of hydrogen-bond acceptors (Lipinski definition) is 5. The second-order valence-corrected chi connectivity index (χ2v) is 6.19. The van der Waals surface area contributed by atoms with Crippen LogP contribution in [0.15, 0.2) is 44.6 Å². The van der Waals surface area contributed by atoms with Gasteiger partial charge in [0.05, 0.1) is 12.2 Å². The van der Waals surface area contributed by atoms with Crippen LogP contribution >= 0.6 is 15.9 Å². The van der Waals surface area contributed by atoms with E-state index in [-0.39, 0.29) is 5.09 Å². The molecule has 0 atom stereocenters. The lowest BCUT2D eigenvalue weighted by molar-refractivity contribution is 0.417. The highest BCUT2D eigenvalue weighted by molar-refractivity contribution is 9.10. The van der Waals surface area contributed by atoms with Gasteiger partial charge in [-0.25, -0.2) is 18.1 Å². The summed E-state index contributed by atoms with van der Waals surface area (Å²) in [6, 6.07) is 6.68. The summed E-state index contributed by atoms with van der Waals surface area (Å²) in [4.78, 5) is 4.07. The summed E-state index contributed by atoms with van der Waals surface area (Å²) in [5.74, 6) is 0.518. The largest absolute Gasteiger partial charge is 0.446 e. The van der Waals surface area contributed by atoms with Crippen LogP contribution in [0.5, 0.6) is 0 Å². The Morgan fingerprint density at radius 2 is 2.16 bits per heavy atom. The third-order valence-corrected chi connectivity index (χ3v) is 4.30. The maximum atomic E-state index is 11.5. The fraction of sp³-hybridized carbons (Fsp3) is 0.182. The van der Waals surface area contributed by atoms with E-state index >= 15 is 0 Å². The Bertz CT molecular complexity index is 669. The average Bonchev–Trinajstić information content (AvgIpc) is 2.87. The van der Waals surface area contributed by atoms with Crippen LogP contribution in [0.3, 0.4) is 0 Å². The van der Waals surface area contributed by atoms with E-state index in [9.17, 15) is 8.42 Å². The van der Waals surface area contributed by atoms with Gasteiger partial charge in [0.2, 0.25) is 5.09 Å². The van der Waals surface area contributed by atoms with Gasteiger partial charge in [-0.05, 0) is 47.2 Å². The molecule has 0 bridgehead atoms. The number of nitrogens with one attached hydrogen (secondary N) is 2. The summed E-state index contributed by atoms with van der Waals surface area (Å²) >= 11 is 3.31. The van der Waals surface area contributed by atoms with E-state index < -0.39 is 10.0 Å². The Morgan fingerprint density at radius 1 is 1.37 bits per heavy atom. The van der Waals surface area contributed by atoms with Gasteiger partial charge in [0, 0.05) is 6.20 Å². The van der Waals surface area contributed by atoms with Gasteiger partial charge in [0.1, 0.15) is 10.4 Å². The Labute approximate surface area is 119 Å². The van der Waals surface area contributed by atoms with Crippen LogP contribution < -0.4 is 10.0 Å². The zero-order valence-corrected chi connectivity index (χ0v) is 12.5. The van der Waals surface area contributed by atoms with Crippen LogP contribution in [0.4, 0.5) is 5.69 Å². The molecule has 0 aliphatic heterocycles. The van der Waals surface area contributed by atoms with Crippen molar-refractivity contribution in [1.82, 2.24) is 9.71 Å². The summed E-state index contributed by atoms with van der Waals surface area (Å²) < 4.78 is 31.1. The monoisotopic (exact) mass is 345 g/mol. The standard InChI is InChI=1S/C11H12BrN3O3S/c1-13-19(16,17)10-5-4-8(18-10)7-15-9-3-2-6-14-11(9)12/h2-6,13,15H,7H2,1H3. The molecule has 2 heterocycles. The second kappa shape index (κ2) is 5.72. The van der Waals surface area contributed by atoms with Gasteiger partial charge < -0.3 is 9.73 Å². The number of hydrogen-bond donors (Lipinski definition) is 2. The number of nitrogens with zero attached hydrogens (tertiary/aromatic N) is 1. The van der Waals surface area contributed by atoms with Gasteiger partial charge in [-0.3, -0.25) is 0 Å². The lowest BCUT2D eigenvalue weighted by Crippen LogP contribution is -2.17. The summed E-state index contributed by atoms with van der Waals surface area (Å²) in [7, 11) is -2.20. The molecule has 2 aromatic heterocycles. The van der Waals surface area contributed by atoms with E-state index in [1.165, 1.54) is 13.1 Å². The molecule has 2 rings (SSSR count). The van der Waals surface area contributed by atoms with Crippen molar-refractivity contribution in [1.29, 1.82) is 0 Å². The van der Waals surface area contributed by atoms with Gasteiger partial charge in [0.25, 0.3) is 10.0 Å². The smallest absolute Gasteiger partial charge is 0.273 e. The summed E-state index contributed by atoms with van der Waals surface area (Å²) in [6.45, 7) is 0.365. The summed E-state index contributed by atoms with van der Waals surface area (Å²) in [6.07, 6.45) is 1.67. The molecule has 0 unspecified atom stereocenters. The first-order valence-corrected chi connectivity index (χ1v) is 7.67. The minimum absolute atomic E-state index is 0.1000. The molecule has 0 aromatic carbocycles. The molecule has 0 aliphatic carbocycles. The highest BCUT2D eigenvalue weighted by Crippen LogP contribution is 2.20. The zero-order valence-electron chi connectivity index (χ0n) is 10.1. The van der Waals surface area contributed by atoms with Crippen LogP contribution in [-0.2, 0) is 16.6 Å². The molecule has 19 heavy (non-hydrogen) atoms. The van der Waals surface area contributed by atoms with Crippen molar-refractivity contribution in [2.45, 2.75) is 11.6 Å². The van der Waals surface area contributed by atoms with Gasteiger partial charge in [-0.15, -0.1) is 0 Å². The third kappa shape index (κ3) is 3.34. The fourth-order valence-corrected chi connectivity index (χ4v) is 2.45. The van der Waals surface area contributed by atoms with Crippen molar-refractivity contribution in [3.63, 3.8) is 0 Å². The fourth-order valence-electron chi connectivity index (χ4n) is 1.40. The SMILES string of the molecule is CNS(=O)(=O)c1ccc(CNc2cccnc2Br)o1. The predicted octanol–water partition coefficient (Wildman–Crippen LogP) is 1.96. The van der Waals surface area contributed by atoms with Crippen LogP contribution in [0.1, 0.15) is 5.76 Å². The van der Waals surface area contributed by atoms with E-state index in [4.69, 9.17) is 4.42 Å². The molecule has 0 spiro atoms. The molecule has 0 aliphatic rings.